The fourth-order valence-corrected chi connectivity index (χ4v) is 7.89. The minimum absolute atomic E-state index is 0.0174. The van der Waals surface area contributed by atoms with Gasteiger partial charge in [-0.1, -0.05) is 152 Å². The summed E-state index contributed by atoms with van der Waals surface area (Å²) in [6, 6.07) is 0. The SMILES string of the molecule is CCCCCC/C=C/CCCCCCCC(=O)OC[C@H](COP(=O)(O)OC1C(O)C(O)C(O)[C@@H](O)C1O)OC(=O)CCC/C=C/C/C=C/C/C=C/C/C=C/CCCCCCCCC. The molecule has 0 aromatic heterocycles. The Labute approximate surface area is 379 Å². The summed E-state index contributed by atoms with van der Waals surface area (Å²) in [6.07, 6.45) is 34.3. The van der Waals surface area contributed by atoms with E-state index in [-0.39, 0.29) is 12.8 Å². The van der Waals surface area contributed by atoms with E-state index in [1.165, 1.54) is 70.6 Å². The second kappa shape index (κ2) is 38.8. The molecule has 0 aromatic rings. The summed E-state index contributed by atoms with van der Waals surface area (Å²) in [5.74, 6) is -1.18. The van der Waals surface area contributed by atoms with Crippen LogP contribution in [-0.4, -0.2) is 98.3 Å². The van der Waals surface area contributed by atoms with Gasteiger partial charge in [0, 0.05) is 12.8 Å². The van der Waals surface area contributed by atoms with Crippen molar-refractivity contribution in [1.29, 1.82) is 0 Å². The minimum Gasteiger partial charge on any atom is -0.462 e. The van der Waals surface area contributed by atoms with Gasteiger partial charge in [-0.3, -0.25) is 18.6 Å². The quantitative estimate of drug-likeness (QED) is 0.0147. The Morgan fingerprint density at radius 1 is 0.492 bits per heavy atom. The van der Waals surface area contributed by atoms with Crippen molar-refractivity contribution in [3.05, 3.63) is 60.8 Å². The van der Waals surface area contributed by atoms with Crippen LogP contribution in [0.15, 0.2) is 60.8 Å². The number of ether oxygens (including phenoxy) is 2. The van der Waals surface area contributed by atoms with Gasteiger partial charge in [-0.25, -0.2) is 4.57 Å². The Hall–Kier alpha value is -2.45. The highest BCUT2D eigenvalue weighted by Crippen LogP contribution is 2.47. The van der Waals surface area contributed by atoms with Crippen molar-refractivity contribution in [2.45, 2.75) is 224 Å². The van der Waals surface area contributed by atoms with E-state index in [9.17, 15) is 44.6 Å². The number of esters is 2. The average molecular weight is 913 g/mol. The zero-order chi connectivity index (χ0) is 46.4. The lowest BCUT2D eigenvalue weighted by molar-refractivity contribution is -0.220. The third-order valence-corrected chi connectivity index (χ3v) is 11.8. The highest BCUT2D eigenvalue weighted by atomic mass is 31.2. The van der Waals surface area contributed by atoms with Crippen LogP contribution >= 0.6 is 7.82 Å². The van der Waals surface area contributed by atoms with Gasteiger partial charge in [0.25, 0.3) is 0 Å². The van der Waals surface area contributed by atoms with Gasteiger partial charge in [0.1, 0.15) is 43.2 Å². The Kier molecular flexibility index (Phi) is 36.1. The molecule has 0 saturated heterocycles. The monoisotopic (exact) mass is 913 g/mol. The third kappa shape index (κ3) is 31.2. The fraction of sp³-hybridized carbons (Fsp3) is 0.755. The van der Waals surface area contributed by atoms with Crippen molar-refractivity contribution in [1.82, 2.24) is 0 Å². The van der Waals surface area contributed by atoms with Gasteiger partial charge >= 0.3 is 19.8 Å². The molecule has 1 rings (SSSR count). The van der Waals surface area contributed by atoms with Crippen LogP contribution in [0.3, 0.4) is 0 Å². The molecule has 0 amide bonds. The van der Waals surface area contributed by atoms with Gasteiger partial charge in [0.2, 0.25) is 0 Å². The summed E-state index contributed by atoms with van der Waals surface area (Å²) >= 11 is 0. The molecule has 14 heteroatoms. The summed E-state index contributed by atoms with van der Waals surface area (Å²) in [7, 11) is -5.14. The van der Waals surface area contributed by atoms with Crippen LogP contribution in [0.1, 0.15) is 181 Å². The standard InChI is InChI=1S/C49H85O13P/c1-3-5-7-9-11-13-15-17-18-19-20-21-22-23-24-26-28-30-32-34-36-38-43(51)61-41(40-60-63(57,58)62-49-47(55)45(53)44(52)46(54)48(49)56)39-59-42(50)37-35-33-31-29-27-25-16-14-12-10-8-6-4-2/h14,16,18-19,21-22,24,26,30,32,41,44-49,52-56H,3-13,15,17,20,23,25,27-29,31,33-40H2,1-2H3,(H,57,58)/b16-14+,19-18+,22-21+,26-24+,32-30+/t41-,44?,45-,46?,47?,48?,49?/m1/s1. The van der Waals surface area contributed by atoms with Gasteiger partial charge in [-0.15, -0.1) is 0 Å². The molecule has 1 aliphatic carbocycles. The number of unbranched alkanes of at least 4 members (excludes halogenated alkanes) is 17. The number of hydrogen-bond donors (Lipinski definition) is 6. The highest BCUT2D eigenvalue weighted by Gasteiger charge is 2.51. The lowest BCUT2D eigenvalue weighted by Crippen LogP contribution is -2.64. The van der Waals surface area contributed by atoms with Gasteiger partial charge in [0.15, 0.2) is 6.10 Å². The molecule has 0 aromatic carbocycles. The topological polar surface area (TPSA) is 210 Å². The molecule has 13 nitrogen and oxygen atoms in total. The lowest BCUT2D eigenvalue weighted by atomic mass is 9.85. The number of allylic oxidation sites excluding steroid dienone is 10. The summed E-state index contributed by atoms with van der Waals surface area (Å²) in [5, 5.41) is 50.2. The van der Waals surface area contributed by atoms with E-state index >= 15 is 0 Å². The van der Waals surface area contributed by atoms with Crippen molar-refractivity contribution in [3.8, 4) is 0 Å². The van der Waals surface area contributed by atoms with Crippen molar-refractivity contribution in [3.63, 3.8) is 0 Å². The normalized spacial score (nSPS) is 22.2. The van der Waals surface area contributed by atoms with E-state index in [0.717, 1.165) is 64.2 Å². The van der Waals surface area contributed by atoms with Crippen molar-refractivity contribution < 1.29 is 63.1 Å². The molecular weight excluding hydrogens is 827 g/mol. The van der Waals surface area contributed by atoms with E-state index < -0.39 is 75.7 Å². The zero-order valence-corrected chi connectivity index (χ0v) is 39.5. The van der Waals surface area contributed by atoms with Crippen molar-refractivity contribution in [2.24, 2.45) is 0 Å². The average Bonchev–Trinajstić information content (AvgIpc) is 3.26. The van der Waals surface area contributed by atoms with E-state index in [2.05, 4.69) is 62.5 Å². The molecule has 0 heterocycles. The van der Waals surface area contributed by atoms with Crippen LogP contribution in [0.25, 0.3) is 0 Å². The Bertz CT molecular complexity index is 1330. The third-order valence-electron chi connectivity index (χ3n) is 10.8. The fourth-order valence-electron chi connectivity index (χ4n) is 6.92. The number of aliphatic hydroxyl groups excluding tert-OH is 5. The van der Waals surface area contributed by atoms with Crippen LogP contribution in [0.2, 0.25) is 0 Å². The molecule has 6 N–H and O–H groups in total. The Balaban J connectivity index is 2.49. The molecule has 0 spiro atoms. The number of phosphoric acid groups is 1. The summed E-state index contributed by atoms with van der Waals surface area (Å²) in [6.45, 7) is 3.22. The molecule has 63 heavy (non-hydrogen) atoms. The maximum atomic E-state index is 12.8. The lowest BCUT2D eigenvalue weighted by Gasteiger charge is -2.41. The molecular formula is C49H85O13P. The molecule has 1 saturated carbocycles. The summed E-state index contributed by atoms with van der Waals surface area (Å²) in [4.78, 5) is 35.7. The molecule has 8 atom stereocenters. The number of rotatable bonds is 39. The maximum absolute atomic E-state index is 12.8. The maximum Gasteiger partial charge on any atom is 0.472 e. The number of carbonyl (C=O) groups excluding carboxylic acids is 2. The van der Waals surface area contributed by atoms with Crippen LogP contribution in [0.5, 0.6) is 0 Å². The van der Waals surface area contributed by atoms with E-state index in [1.54, 1.807) is 0 Å². The number of aliphatic hydroxyl groups is 5. The molecule has 0 aliphatic heterocycles. The second-order valence-corrected chi connectivity index (χ2v) is 18.0. The minimum atomic E-state index is -5.14. The number of hydrogen-bond acceptors (Lipinski definition) is 12. The Morgan fingerprint density at radius 3 is 1.38 bits per heavy atom. The van der Waals surface area contributed by atoms with Gasteiger partial charge in [0.05, 0.1) is 6.61 Å². The predicted octanol–water partition coefficient (Wildman–Crippen LogP) is 9.73. The summed E-state index contributed by atoms with van der Waals surface area (Å²) in [5.41, 5.74) is 0. The van der Waals surface area contributed by atoms with Gasteiger partial charge in [-0.05, 0) is 77.0 Å². The molecule has 0 radical (unpaired) electrons. The van der Waals surface area contributed by atoms with Crippen molar-refractivity contribution in [2.75, 3.05) is 13.2 Å². The number of carbonyl (C=O) groups is 2. The first kappa shape index (κ1) is 58.6. The second-order valence-electron chi connectivity index (χ2n) is 16.6. The van der Waals surface area contributed by atoms with E-state index in [4.69, 9.17) is 18.5 Å². The van der Waals surface area contributed by atoms with E-state index in [0.29, 0.717) is 19.3 Å². The van der Waals surface area contributed by atoms with Crippen LogP contribution in [0.4, 0.5) is 0 Å². The van der Waals surface area contributed by atoms with Crippen LogP contribution in [-0.2, 0) is 32.7 Å². The molecule has 6 unspecified atom stereocenters. The summed E-state index contributed by atoms with van der Waals surface area (Å²) < 4.78 is 33.5. The molecule has 1 fully saturated rings. The first-order chi connectivity index (χ1) is 30.4. The highest BCUT2D eigenvalue weighted by molar-refractivity contribution is 7.47. The Morgan fingerprint density at radius 2 is 0.873 bits per heavy atom. The van der Waals surface area contributed by atoms with Crippen molar-refractivity contribution >= 4 is 19.8 Å². The molecule has 0 bridgehead atoms. The predicted molar refractivity (Wildman–Crippen MR) is 249 cm³/mol. The molecule has 1 aliphatic rings. The first-order valence-electron chi connectivity index (χ1n) is 24.1. The smallest absolute Gasteiger partial charge is 0.462 e. The first-order valence-corrected chi connectivity index (χ1v) is 25.6. The van der Waals surface area contributed by atoms with Gasteiger partial charge in [-0.2, -0.15) is 0 Å². The largest absolute Gasteiger partial charge is 0.472 e. The number of phosphoric ester groups is 1. The van der Waals surface area contributed by atoms with Crippen LogP contribution in [0, 0.1) is 0 Å². The van der Waals surface area contributed by atoms with E-state index in [1.807, 2.05) is 12.2 Å². The van der Waals surface area contributed by atoms with Crippen LogP contribution < -0.4 is 0 Å². The molecule has 364 valence electrons. The van der Waals surface area contributed by atoms with Gasteiger partial charge < -0.3 is 39.9 Å². The zero-order valence-electron chi connectivity index (χ0n) is 38.6.